The van der Waals surface area contributed by atoms with Crippen molar-refractivity contribution < 1.29 is 9.90 Å². The molecule has 0 aromatic carbocycles. The smallest absolute Gasteiger partial charge is 0.271 e. The van der Waals surface area contributed by atoms with Crippen LogP contribution in [0.15, 0.2) is 4.79 Å². The van der Waals surface area contributed by atoms with Gasteiger partial charge in [0.05, 0.1) is 5.56 Å². The van der Waals surface area contributed by atoms with Crippen molar-refractivity contribution in [2.45, 2.75) is 85.1 Å². The molecule has 0 spiro atoms. The summed E-state index contributed by atoms with van der Waals surface area (Å²) in [4.78, 5) is 25.7. The molecule has 1 aliphatic carbocycles. The summed E-state index contributed by atoms with van der Waals surface area (Å²) in [5.74, 6) is 0.191. The summed E-state index contributed by atoms with van der Waals surface area (Å²) in [7, 11) is 0. The van der Waals surface area contributed by atoms with Crippen LogP contribution in [0.5, 0.6) is 5.88 Å². The van der Waals surface area contributed by atoms with Gasteiger partial charge in [-0.2, -0.15) is 5.26 Å². The van der Waals surface area contributed by atoms with E-state index in [9.17, 15) is 20.0 Å². The number of hydrogen-bond acceptors (Lipinski definition) is 4. The first-order valence-electron chi connectivity index (χ1n) is 10.4. The first-order valence-corrected chi connectivity index (χ1v) is 10.4. The number of aromatic nitrogens is 1. The first kappa shape index (κ1) is 21.2. The maximum atomic E-state index is 13.2. The van der Waals surface area contributed by atoms with Crippen LogP contribution < -0.4 is 5.56 Å². The number of carbonyl (C=O) groups is 1. The van der Waals surface area contributed by atoms with Crippen LogP contribution >= 0.6 is 0 Å². The lowest BCUT2D eigenvalue weighted by Gasteiger charge is -2.28. The highest BCUT2D eigenvalue weighted by Gasteiger charge is 2.31. The molecule has 2 rings (SSSR count). The van der Waals surface area contributed by atoms with Crippen LogP contribution in [0, 0.1) is 30.1 Å². The van der Waals surface area contributed by atoms with Crippen LogP contribution in [0.4, 0.5) is 0 Å². The molecule has 1 heterocycles. The monoisotopic (exact) mass is 372 g/mol. The molecule has 5 nitrogen and oxygen atoms in total. The van der Waals surface area contributed by atoms with E-state index >= 15 is 0 Å². The molecule has 1 fully saturated rings. The van der Waals surface area contributed by atoms with Crippen molar-refractivity contribution >= 4 is 5.78 Å². The molecule has 1 N–H and O–H groups in total. The van der Waals surface area contributed by atoms with Crippen LogP contribution in [0.3, 0.4) is 0 Å². The number of Topliss-reactive ketones (excluding diaryl/α,β-unsaturated/α-hetero) is 1. The summed E-state index contributed by atoms with van der Waals surface area (Å²) in [6, 6.07) is 1.94. The van der Waals surface area contributed by atoms with Crippen LogP contribution in [-0.2, 0) is 6.54 Å². The van der Waals surface area contributed by atoms with E-state index in [0.717, 1.165) is 32.1 Å². The molecule has 0 radical (unpaired) electrons. The van der Waals surface area contributed by atoms with E-state index in [0.29, 0.717) is 24.4 Å². The van der Waals surface area contributed by atoms with Gasteiger partial charge in [-0.05, 0) is 50.5 Å². The van der Waals surface area contributed by atoms with Crippen molar-refractivity contribution in [3.63, 3.8) is 0 Å². The number of rotatable bonds is 8. The lowest BCUT2D eigenvalue weighted by Crippen LogP contribution is -2.29. The third-order valence-corrected chi connectivity index (χ3v) is 5.97. The van der Waals surface area contributed by atoms with Gasteiger partial charge < -0.3 is 5.11 Å². The van der Waals surface area contributed by atoms with Gasteiger partial charge in [-0.15, -0.1) is 0 Å². The third kappa shape index (κ3) is 4.61. The average Bonchev–Trinajstić information content (AvgIpc) is 2.67. The van der Waals surface area contributed by atoms with Crippen molar-refractivity contribution in [3.05, 3.63) is 27.0 Å². The first-order chi connectivity index (χ1) is 13.0. The number of nitrogens with zero attached hydrogens (tertiary/aromatic N) is 2. The van der Waals surface area contributed by atoms with Gasteiger partial charge in [0.1, 0.15) is 11.6 Å². The normalized spacial score (nSPS) is 19.6. The van der Waals surface area contributed by atoms with Crippen LogP contribution in [-0.4, -0.2) is 15.5 Å². The van der Waals surface area contributed by atoms with Crippen LogP contribution in [0.25, 0.3) is 0 Å². The number of aromatic hydroxyl groups is 1. The Morgan fingerprint density at radius 3 is 2.37 bits per heavy atom. The highest BCUT2D eigenvalue weighted by atomic mass is 16.3. The lowest BCUT2D eigenvalue weighted by molar-refractivity contribution is 0.0864. The molecule has 0 saturated heterocycles. The third-order valence-electron chi connectivity index (χ3n) is 5.97. The second-order valence-electron chi connectivity index (χ2n) is 7.84. The molecule has 5 heteroatoms. The zero-order chi connectivity index (χ0) is 20.0. The van der Waals surface area contributed by atoms with Crippen molar-refractivity contribution in [1.82, 2.24) is 4.57 Å². The van der Waals surface area contributed by atoms with E-state index in [-0.39, 0.29) is 28.7 Å². The standard InChI is InChI=1S/C22H32N2O3/c1-4-6-8-16-9-11-17(12-10-16)20(25)19-15(3)18(14-23)21(26)24(22(19)27)13-7-5-2/h16-17,27H,4-13H2,1-3H3. The van der Waals surface area contributed by atoms with E-state index in [1.807, 2.05) is 13.0 Å². The average molecular weight is 373 g/mol. The molecular formula is C22H32N2O3. The minimum Gasteiger partial charge on any atom is -0.494 e. The quantitative estimate of drug-likeness (QED) is 0.670. The minimum absolute atomic E-state index is 0.0242. The Kier molecular flexibility index (Phi) is 7.65. The Bertz CT molecular complexity index is 765. The number of pyridine rings is 1. The van der Waals surface area contributed by atoms with Crippen molar-refractivity contribution in [2.24, 2.45) is 11.8 Å². The Morgan fingerprint density at radius 1 is 1.19 bits per heavy atom. The van der Waals surface area contributed by atoms with Crippen molar-refractivity contribution in [2.75, 3.05) is 0 Å². The van der Waals surface area contributed by atoms with Crippen molar-refractivity contribution in [3.8, 4) is 11.9 Å². The van der Waals surface area contributed by atoms with Gasteiger partial charge in [0.2, 0.25) is 5.88 Å². The number of ketones is 1. The van der Waals surface area contributed by atoms with E-state index in [2.05, 4.69) is 6.92 Å². The molecule has 0 aliphatic heterocycles. The molecule has 1 aromatic rings. The molecule has 0 unspecified atom stereocenters. The Hall–Kier alpha value is -2.09. The van der Waals surface area contributed by atoms with Gasteiger partial charge in [-0.3, -0.25) is 14.2 Å². The number of nitriles is 1. The predicted octanol–water partition coefficient (Wildman–Crippen LogP) is 4.71. The zero-order valence-corrected chi connectivity index (χ0v) is 16.9. The number of carbonyl (C=O) groups excluding carboxylic acids is 1. The molecular weight excluding hydrogens is 340 g/mol. The van der Waals surface area contributed by atoms with Gasteiger partial charge in [-0.1, -0.05) is 39.5 Å². The Labute approximate surface area is 162 Å². The summed E-state index contributed by atoms with van der Waals surface area (Å²) in [6.45, 7) is 6.11. The van der Waals surface area contributed by atoms with Gasteiger partial charge in [0, 0.05) is 12.5 Å². The van der Waals surface area contributed by atoms with Gasteiger partial charge in [-0.25, -0.2) is 0 Å². The second kappa shape index (κ2) is 9.73. The van der Waals surface area contributed by atoms with Crippen molar-refractivity contribution in [1.29, 1.82) is 5.26 Å². The molecule has 0 bridgehead atoms. The van der Waals surface area contributed by atoms with Gasteiger partial charge in [0.25, 0.3) is 5.56 Å². The fraction of sp³-hybridized carbons (Fsp3) is 0.682. The fourth-order valence-corrected chi connectivity index (χ4v) is 4.18. The minimum atomic E-state index is -0.499. The largest absolute Gasteiger partial charge is 0.494 e. The lowest BCUT2D eigenvalue weighted by atomic mass is 9.76. The van der Waals surface area contributed by atoms with E-state index in [1.54, 1.807) is 6.92 Å². The van der Waals surface area contributed by atoms with Gasteiger partial charge in [0.15, 0.2) is 5.78 Å². The maximum absolute atomic E-state index is 13.2. The molecule has 27 heavy (non-hydrogen) atoms. The summed E-state index contributed by atoms with van der Waals surface area (Å²) >= 11 is 0. The second-order valence-corrected chi connectivity index (χ2v) is 7.84. The van der Waals surface area contributed by atoms with Crippen LogP contribution in [0.2, 0.25) is 0 Å². The summed E-state index contributed by atoms with van der Waals surface area (Å²) in [5.41, 5.74) is -0.0187. The Morgan fingerprint density at radius 2 is 1.81 bits per heavy atom. The SMILES string of the molecule is CCCCC1CCC(C(=O)c2c(C)c(C#N)c(=O)n(CCCC)c2O)CC1. The zero-order valence-electron chi connectivity index (χ0n) is 16.9. The fourth-order valence-electron chi connectivity index (χ4n) is 4.18. The van der Waals surface area contributed by atoms with Gasteiger partial charge >= 0.3 is 0 Å². The van der Waals surface area contributed by atoms with Crippen LogP contribution in [0.1, 0.15) is 93.1 Å². The topological polar surface area (TPSA) is 83.1 Å². The highest BCUT2D eigenvalue weighted by Crippen LogP contribution is 2.36. The predicted molar refractivity (Wildman–Crippen MR) is 106 cm³/mol. The number of hydrogen-bond donors (Lipinski definition) is 1. The molecule has 148 valence electrons. The summed E-state index contributed by atoms with van der Waals surface area (Å²) in [6.07, 6.45) is 8.93. The molecule has 1 saturated carbocycles. The molecule has 1 aliphatic rings. The molecule has 0 atom stereocenters. The van der Waals surface area contributed by atoms with E-state index in [4.69, 9.17) is 0 Å². The highest BCUT2D eigenvalue weighted by molar-refractivity contribution is 6.01. The maximum Gasteiger partial charge on any atom is 0.271 e. The summed E-state index contributed by atoms with van der Waals surface area (Å²) in [5, 5.41) is 20.1. The molecule has 0 amide bonds. The van der Waals surface area contributed by atoms with E-state index < -0.39 is 5.56 Å². The Balaban J connectivity index is 2.31. The summed E-state index contributed by atoms with van der Waals surface area (Å²) < 4.78 is 1.20. The van der Waals surface area contributed by atoms with E-state index in [1.165, 1.54) is 23.8 Å². The number of unbranched alkanes of at least 4 members (excludes halogenated alkanes) is 2. The molecule has 1 aromatic heterocycles.